The lowest BCUT2D eigenvalue weighted by Crippen LogP contribution is -2.69. The summed E-state index contributed by atoms with van der Waals surface area (Å²) < 4.78 is 29.7. The lowest BCUT2D eigenvalue weighted by molar-refractivity contribution is -0.224. The molecule has 1 aromatic rings. The number of nitrogens with zero attached hydrogens (tertiary/aromatic N) is 1. The molecule has 2 amide bonds. The van der Waals surface area contributed by atoms with E-state index in [1.807, 2.05) is 18.2 Å². The number of amides is 2. The van der Waals surface area contributed by atoms with Crippen LogP contribution in [0.5, 0.6) is 0 Å². The van der Waals surface area contributed by atoms with Crippen LogP contribution in [-0.2, 0) is 31.0 Å². The zero-order valence-corrected chi connectivity index (χ0v) is 12.6. The molecule has 2 atom stereocenters. The lowest BCUT2D eigenvalue weighted by atomic mass is 9.99. The zero-order chi connectivity index (χ0) is 16.3. The van der Waals surface area contributed by atoms with Crippen LogP contribution in [0.2, 0.25) is 0 Å². The molecule has 8 nitrogen and oxygen atoms in total. The van der Waals surface area contributed by atoms with Crippen LogP contribution in [0.25, 0.3) is 0 Å². The molecule has 2 unspecified atom stereocenters. The number of hydroxylamine groups is 2. The van der Waals surface area contributed by atoms with Crippen molar-refractivity contribution in [1.82, 2.24) is 10.4 Å². The van der Waals surface area contributed by atoms with E-state index in [0.717, 1.165) is 10.6 Å². The van der Waals surface area contributed by atoms with Crippen molar-refractivity contribution in [1.29, 1.82) is 0 Å². The molecule has 9 heteroatoms. The van der Waals surface area contributed by atoms with E-state index in [1.54, 1.807) is 19.1 Å². The van der Waals surface area contributed by atoms with E-state index < -0.39 is 34.0 Å². The quantitative estimate of drug-likeness (QED) is 0.548. The summed E-state index contributed by atoms with van der Waals surface area (Å²) in [6.07, 6.45) is 0.142. The maximum absolute atomic E-state index is 11.9. The van der Waals surface area contributed by atoms with Crippen molar-refractivity contribution in [2.45, 2.75) is 25.4 Å². The van der Waals surface area contributed by atoms with Gasteiger partial charge in [-0.2, -0.15) is 8.42 Å². The van der Waals surface area contributed by atoms with Crippen molar-refractivity contribution in [2.75, 3.05) is 5.94 Å². The smallest absolute Gasteiger partial charge is 0.292 e. The highest BCUT2D eigenvalue weighted by Crippen LogP contribution is 2.20. The van der Waals surface area contributed by atoms with Gasteiger partial charge in [-0.3, -0.25) is 19.0 Å². The van der Waals surface area contributed by atoms with Gasteiger partial charge in [0.25, 0.3) is 16.0 Å². The molecule has 1 saturated heterocycles. The van der Waals surface area contributed by atoms with Gasteiger partial charge in [-0.05, 0) is 12.5 Å². The minimum Gasteiger partial charge on any atom is -0.342 e. The first-order valence-electron chi connectivity index (χ1n) is 6.52. The number of β-lactam (4-membered cyclic amide) rings is 1. The van der Waals surface area contributed by atoms with Gasteiger partial charge in [0.05, 0.1) is 12.5 Å². The van der Waals surface area contributed by atoms with Gasteiger partial charge >= 0.3 is 0 Å². The van der Waals surface area contributed by atoms with E-state index in [4.69, 9.17) is 9.39 Å². The van der Waals surface area contributed by atoms with Gasteiger partial charge in [-0.15, -0.1) is 0 Å². The fraction of sp³-hybridized carbons (Fsp3) is 0.385. The summed E-state index contributed by atoms with van der Waals surface area (Å²) in [5.74, 6) is -1.88. The molecule has 0 radical (unpaired) electrons. The Bertz CT molecular complexity index is 660. The first-order chi connectivity index (χ1) is 10.3. The summed E-state index contributed by atoms with van der Waals surface area (Å²) in [6.45, 7) is 1.60. The predicted molar refractivity (Wildman–Crippen MR) is 75.9 cm³/mol. The topological polar surface area (TPSA) is 113 Å². The molecule has 0 aliphatic carbocycles. The molecule has 0 saturated carbocycles. The number of hydrogen-bond donors (Lipinski definition) is 2. The van der Waals surface area contributed by atoms with Crippen molar-refractivity contribution in [2.24, 2.45) is 0 Å². The van der Waals surface area contributed by atoms with E-state index in [9.17, 15) is 18.0 Å². The van der Waals surface area contributed by atoms with Crippen molar-refractivity contribution < 1.29 is 27.4 Å². The van der Waals surface area contributed by atoms with Gasteiger partial charge in [0.2, 0.25) is 11.8 Å². The standard InChI is InChI=1S/C13H16N2O6S/c1-9-12(13(17)15(9)21-8-22(18,19)20)14-11(16)7-10-5-3-2-4-6-10/h2-6,9,12H,7-8H2,1H3,(H,14,16)(H,18,19,20). The van der Waals surface area contributed by atoms with E-state index in [-0.39, 0.29) is 12.3 Å². The molecular formula is C13H16N2O6S. The van der Waals surface area contributed by atoms with Crippen LogP contribution >= 0.6 is 0 Å². The second kappa shape index (κ2) is 6.42. The monoisotopic (exact) mass is 328 g/mol. The molecular weight excluding hydrogens is 312 g/mol. The number of carbonyl (C=O) groups is 2. The van der Waals surface area contributed by atoms with Gasteiger partial charge in [-0.1, -0.05) is 30.3 Å². The average Bonchev–Trinajstić information content (AvgIpc) is 2.45. The number of nitrogens with one attached hydrogen (secondary N) is 1. The highest BCUT2D eigenvalue weighted by Gasteiger charge is 2.47. The van der Waals surface area contributed by atoms with Crippen molar-refractivity contribution in [3.63, 3.8) is 0 Å². The van der Waals surface area contributed by atoms with Gasteiger partial charge < -0.3 is 5.32 Å². The molecule has 0 spiro atoms. The van der Waals surface area contributed by atoms with Gasteiger partial charge in [0.1, 0.15) is 6.04 Å². The summed E-state index contributed by atoms with van der Waals surface area (Å²) in [6, 6.07) is 7.77. The summed E-state index contributed by atoms with van der Waals surface area (Å²) >= 11 is 0. The Balaban J connectivity index is 1.85. The van der Waals surface area contributed by atoms with Crippen LogP contribution < -0.4 is 5.32 Å². The van der Waals surface area contributed by atoms with E-state index in [0.29, 0.717) is 0 Å². The minimum atomic E-state index is -4.33. The summed E-state index contributed by atoms with van der Waals surface area (Å²) in [4.78, 5) is 28.4. The third-order valence-corrected chi connectivity index (χ3v) is 3.60. The number of rotatable bonds is 6. The fourth-order valence-corrected chi connectivity index (χ4v) is 2.34. The number of carbonyl (C=O) groups excluding carboxylic acids is 2. The van der Waals surface area contributed by atoms with Crippen LogP contribution in [0.4, 0.5) is 0 Å². The highest BCUT2D eigenvalue weighted by molar-refractivity contribution is 7.85. The van der Waals surface area contributed by atoms with Crippen LogP contribution in [0, 0.1) is 0 Å². The fourth-order valence-electron chi connectivity index (χ4n) is 2.09. The Morgan fingerprint density at radius 2 is 2.00 bits per heavy atom. The summed E-state index contributed by atoms with van der Waals surface area (Å²) in [5, 5.41) is 3.39. The Hall–Kier alpha value is -1.97. The summed E-state index contributed by atoms with van der Waals surface area (Å²) in [7, 11) is -4.33. The lowest BCUT2D eigenvalue weighted by Gasteiger charge is -2.43. The molecule has 1 heterocycles. The average molecular weight is 328 g/mol. The molecule has 120 valence electrons. The molecule has 1 aliphatic rings. The second-order valence-corrected chi connectivity index (χ2v) is 6.34. The molecule has 0 aromatic heterocycles. The maximum atomic E-state index is 11.9. The highest BCUT2D eigenvalue weighted by atomic mass is 32.2. The molecule has 1 fully saturated rings. The SMILES string of the molecule is CC1C(NC(=O)Cc2ccccc2)C(=O)N1OCS(=O)(=O)O. The Labute approximate surface area is 127 Å². The van der Waals surface area contributed by atoms with Crippen molar-refractivity contribution in [3.8, 4) is 0 Å². The van der Waals surface area contributed by atoms with Crippen molar-refractivity contribution in [3.05, 3.63) is 35.9 Å². The van der Waals surface area contributed by atoms with Crippen LogP contribution in [0.15, 0.2) is 30.3 Å². The van der Waals surface area contributed by atoms with Crippen LogP contribution in [0.1, 0.15) is 12.5 Å². The first kappa shape index (κ1) is 16.4. The van der Waals surface area contributed by atoms with Gasteiger partial charge in [0, 0.05) is 0 Å². The Morgan fingerprint density at radius 1 is 1.36 bits per heavy atom. The minimum absolute atomic E-state index is 0.142. The van der Waals surface area contributed by atoms with E-state index >= 15 is 0 Å². The Morgan fingerprint density at radius 3 is 2.55 bits per heavy atom. The number of hydrogen-bond acceptors (Lipinski definition) is 5. The third kappa shape index (κ3) is 4.03. The predicted octanol–water partition coefficient (Wildman–Crippen LogP) is -0.278. The molecule has 2 rings (SSSR count). The van der Waals surface area contributed by atoms with Crippen LogP contribution in [0.3, 0.4) is 0 Å². The van der Waals surface area contributed by atoms with Crippen LogP contribution in [-0.4, -0.2) is 47.9 Å². The van der Waals surface area contributed by atoms with E-state index in [2.05, 4.69) is 5.32 Å². The molecule has 1 aromatic carbocycles. The maximum Gasteiger partial charge on any atom is 0.292 e. The molecule has 22 heavy (non-hydrogen) atoms. The molecule has 2 N–H and O–H groups in total. The molecule has 1 aliphatic heterocycles. The normalized spacial score (nSPS) is 21.4. The second-order valence-electron chi connectivity index (χ2n) is 4.94. The largest absolute Gasteiger partial charge is 0.342 e. The first-order valence-corrected chi connectivity index (χ1v) is 8.13. The van der Waals surface area contributed by atoms with Crippen molar-refractivity contribution >= 4 is 21.9 Å². The zero-order valence-electron chi connectivity index (χ0n) is 11.8. The van der Waals surface area contributed by atoms with E-state index in [1.165, 1.54) is 0 Å². The molecule has 0 bridgehead atoms. The summed E-state index contributed by atoms with van der Waals surface area (Å²) in [5.41, 5.74) is 0.818. The van der Waals surface area contributed by atoms with Gasteiger partial charge in [0.15, 0.2) is 0 Å². The Kier molecular flexibility index (Phi) is 4.79. The number of benzene rings is 1. The van der Waals surface area contributed by atoms with Gasteiger partial charge in [-0.25, -0.2) is 5.06 Å². The third-order valence-electron chi connectivity index (χ3n) is 3.20.